The maximum absolute atomic E-state index is 14.8. The van der Waals surface area contributed by atoms with Crippen LogP contribution < -0.4 is 9.47 Å². The number of ether oxygens (including phenoxy) is 3. The summed E-state index contributed by atoms with van der Waals surface area (Å²) < 4.78 is 40.8. The van der Waals surface area contributed by atoms with Gasteiger partial charge in [-0.1, -0.05) is 28.9 Å². The van der Waals surface area contributed by atoms with Gasteiger partial charge in [0.15, 0.2) is 17.3 Å². The average Bonchev–Trinajstić information content (AvgIpc) is 3.65. The van der Waals surface area contributed by atoms with Gasteiger partial charge in [0.05, 0.1) is 31.0 Å². The Balaban J connectivity index is 1.07. The molecule has 41 heavy (non-hydrogen) atoms. The molecule has 2 aromatic heterocycles. The molecule has 10 heteroatoms. The van der Waals surface area contributed by atoms with Crippen LogP contribution in [-0.2, 0) is 23.6 Å². The molecule has 8 nitrogen and oxygen atoms in total. The summed E-state index contributed by atoms with van der Waals surface area (Å²) in [5.74, 6) is 1.63. The van der Waals surface area contributed by atoms with Crippen molar-refractivity contribution < 1.29 is 23.1 Å². The Kier molecular flexibility index (Phi) is 6.76. The third-order valence-electron chi connectivity index (χ3n) is 8.57. The number of piperidine rings is 1. The minimum atomic E-state index is -1.26. The Morgan fingerprint density at radius 3 is 2.63 bits per heavy atom. The number of rotatable bonds is 7. The van der Waals surface area contributed by atoms with Crippen molar-refractivity contribution in [2.45, 2.75) is 64.0 Å². The van der Waals surface area contributed by atoms with Crippen LogP contribution in [0.1, 0.15) is 54.7 Å². The smallest absolute Gasteiger partial charge is 0.278 e. The van der Waals surface area contributed by atoms with Crippen LogP contribution in [0.3, 0.4) is 0 Å². The zero-order chi connectivity index (χ0) is 28.1. The molecule has 2 fully saturated rings. The second-order valence-electron chi connectivity index (χ2n) is 11.2. The second kappa shape index (κ2) is 10.5. The van der Waals surface area contributed by atoms with Crippen molar-refractivity contribution in [3.8, 4) is 23.0 Å². The van der Waals surface area contributed by atoms with Crippen molar-refractivity contribution in [2.24, 2.45) is 0 Å². The molecule has 5 heterocycles. The number of hydrogen-bond donors (Lipinski definition) is 0. The van der Waals surface area contributed by atoms with E-state index in [0.29, 0.717) is 33.8 Å². The summed E-state index contributed by atoms with van der Waals surface area (Å²) in [4.78, 5) is 7.45. The molecule has 214 valence electrons. The molecule has 0 unspecified atom stereocenters. The normalized spacial score (nSPS) is 22.7. The minimum Gasteiger partial charge on any atom is -0.444 e. The quantitative estimate of drug-likeness (QED) is 0.249. The van der Waals surface area contributed by atoms with Crippen molar-refractivity contribution in [2.75, 3.05) is 19.7 Å². The van der Waals surface area contributed by atoms with E-state index in [1.54, 1.807) is 25.3 Å². The van der Waals surface area contributed by atoms with Gasteiger partial charge in [-0.3, -0.25) is 4.90 Å². The molecule has 0 radical (unpaired) electrons. The van der Waals surface area contributed by atoms with Crippen LogP contribution in [0.5, 0.6) is 11.5 Å². The molecule has 3 aliphatic rings. The highest BCUT2D eigenvalue weighted by atomic mass is 35.5. The van der Waals surface area contributed by atoms with Gasteiger partial charge in [0.2, 0.25) is 0 Å². The van der Waals surface area contributed by atoms with Gasteiger partial charge < -0.3 is 23.3 Å². The summed E-state index contributed by atoms with van der Waals surface area (Å²) in [6.45, 7) is 8.03. The largest absolute Gasteiger partial charge is 0.444 e. The van der Waals surface area contributed by atoms with E-state index in [0.717, 1.165) is 74.8 Å². The maximum atomic E-state index is 14.8. The van der Waals surface area contributed by atoms with Gasteiger partial charge in [-0.2, -0.15) is 0 Å². The van der Waals surface area contributed by atoms with Crippen LogP contribution in [0.25, 0.3) is 11.5 Å². The number of nitrogens with zero attached hydrogens (tertiary/aromatic N) is 4. The first-order chi connectivity index (χ1) is 19.9. The first-order valence-electron chi connectivity index (χ1n) is 14.2. The van der Waals surface area contributed by atoms with Crippen LogP contribution in [0, 0.1) is 12.7 Å². The Bertz CT molecular complexity index is 1560. The predicted molar refractivity (Wildman–Crippen MR) is 151 cm³/mol. The fourth-order valence-electron chi connectivity index (χ4n) is 6.20. The van der Waals surface area contributed by atoms with E-state index < -0.39 is 11.6 Å². The lowest BCUT2D eigenvalue weighted by Crippen LogP contribution is -2.35. The number of benzene rings is 2. The van der Waals surface area contributed by atoms with Crippen LogP contribution in [0.2, 0.25) is 5.02 Å². The van der Waals surface area contributed by atoms with Gasteiger partial charge in [0.1, 0.15) is 17.3 Å². The summed E-state index contributed by atoms with van der Waals surface area (Å²) in [5.41, 5.74) is 3.33. The molecule has 2 saturated heterocycles. The number of imidazole rings is 1. The lowest BCUT2D eigenvalue weighted by atomic mass is 9.88. The van der Waals surface area contributed by atoms with Crippen molar-refractivity contribution in [3.63, 3.8) is 0 Å². The SMILES string of the molecule is Cc1c(-c2ccno2)nc(CN2CCC(c3cccc4c3O[C@@](C)(c3ccc(Cl)cc3F)O4)CC2)n1C[C@@H]1CCO1. The highest BCUT2D eigenvalue weighted by molar-refractivity contribution is 6.30. The number of halogens is 2. The molecular formula is C31H32ClFN4O4. The maximum Gasteiger partial charge on any atom is 0.278 e. The zero-order valence-corrected chi connectivity index (χ0v) is 23.9. The fraction of sp³-hybridized carbons (Fsp3) is 0.419. The number of likely N-dealkylation sites (tertiary alicyclic amines) is 1. The molecule has 3 aliphatic heterocycles. The van der Waals surface area contributed by atoms with Crippen LogP contribution in [0.4, 0.5) is 4.39 Å². The van der Waals surface area contributed by atoms with Crippen LogP contribution in [-0.4, -0.2) is 45.4 Å². The van der Waals surface area contributed by atoms with E-state index in [1.165, 1.54) is 6.07 Å². The Hall–Kier alpha value is -3.40. The zero-order valence-electron chi connectivity index (χ0n) is 23.1. The Morgan fingerprint density at radius 1 is 1.10 bits per heavy atom. The summed E-state index contributed by atoms with van der Waals surface area (Å²) in [6.07, 6.45) is 4.87. The third kappa shape index (κ3) is 4.90. The van der Waals surface area contributed by atoms with Gasteiger partial charge in [0.25, 0.3) is 5.79 Å². The molecule has 0 spiro atoms. The van der Waals surface area contributed by atoms with E-state index in [1.807, 2.05) is 18.2 Å². The molecule has 0 bridgehead atoms. The molecule has 0 amide bonds. The minimum absolute atomic E-state index is 0.226. The lowest BCUT2D eigenvalue weighted by Gasteiger charge is -2.33. The molecule has 2 atom stereocenters. The number of fused-ring (bicyclic) bond motifs is 1. The fourth-order valence-corrected chi connectivity index (χ4v) is 6.36. The van der Waals surface area contributed by atoms with E-state index in [2.05, 4.69) is 27.6 Å². The van der Waals surface area contributed by atoms with E-state index >= 15 is 0 Å². The molecular weight excluding hydrogens is 547 g/mol. The van der Waals surface area contributed by atoms with Gasteiger partial charge in [-0.05, 0) is 69.5 Å². The van der Waals surface area contributed by atoms with E-state index in [4.69, 9.17) is 35.3 Å². The van der Waals surface area contributed by atoms with Crippen LogP contribution in [0.15, 0.2) is 53.2 Å². The number of aromatic nitrogens is 3. The summed E-state index contributed by atoms with van der Waals surface area (Å²) >= 11 is 5.98. The molecule has 2 aromatic carbocycles. The van der Waals surface area contributed by atoms with Crippen molar-refractivity contribution >= 4 is 11.6 Å². The number of para-hydroxylation sites is 1. The highest BCUT2D eigenvalue weighted by Gasteiger charge is 2.43. The van der Waals surface area contributed by atoms with Gasteiger partial charge in [0, 0.05) is 35.9 Å². The van der Waals surface area contributed by atoms with Gasteiger partial charge in [-0.15, -0.1) is 0 Å². The van der Waals surface area contributed by atoms with Crippen molar-refractivity contribution in [1.82, 2.24) is 19.6 Å². The number of hydrogen-bond acceptors (Lipinski definition) is 7. The van der Waals surface area contributed by atoms with E-state index in [-0.39, 0.29) is 6.10 Å². The summed E-state index contributed by atoms with van der Waals surface area (Å²) in [6, 6.07) is 12.4. The Labute approximate surface area is 243 Å². The first-order valence-corrected chi connectivity index (χ1v) is 14.5. The van der Waals surface area contributed by atoms with Gasteiger partial charge in [-0.25, -0.2) is 9.37 Å². The standard InChI is InChI=1S/C31H32ClFN4O4/c1-19-29(26-8-12-34-41-26)35-28(37(19)17-22-11-15-38-22)18-36-13-9-20(10-14-36)23-4-3-5-27-30(23)40-31(2,39-27)24-7-6-21(32)16-25(24)33/h3-8,12,16,20,22H,9-11,13-15,17-18H2,1-2H3/t22-,31-/m0/s1. The molecule has 7 rings (SSSR count). The summed E-state index contributed by atoms with van der Waals surface area (Å²) in [5, 5.41) is 4.21. The average molecular weight is 579 g/mol. The van der Waals surface area contributed by atoms with Crippen molar-refractivity contribution in [3.05, 3.63) is 82.1 Å². The van der Waals surface area contributed by atoms with Crippen molar-refractivity contribution in [1.29, 1.82) is 0 Å². The molecule has 4 aromatic rings. The van der Waals surface area contributed by atoms with Gasteiger partial charge >= 0.3 is 0 Å². The Morgan fingerprint density at radius 2 is 1.93 bits per heavy atom. The molecule has 0 N–H and O–H groups in total. The van der Waals surface area contributed by atoms with E-state index in [9.17, 15) is 4.39 Å². The third-order valence-corrected chi connectivity index (χ3v) is 8.81. The predicted octanol–water partition coefficient (Wildman–Crippen LogP) is 6.45. The highest BCUT2D eigenvalue weighted by Crippen LogP contribution is 2.50. The van der Waals surface area contributed by atoms with Crippen LogP contribution >= 0.6 is 11.6 Å². The topological polar surface area (TPSA) is 74.8 Å². The summed E-state index contributed by atoms with van der Waals surface area (Å²) in [7, 11) is 0. The monoisotopic (exact) mass is 578 g/mol. The second-order valence-corrected chi connectivity index (χ2v) is 11.7. The molecule has 0 aliphatic carbocycles. The first kappa shape index (κ1) is 26.5. The lowest BCUT2D eigenvalue weighted by molar-refractivity contribution is -0.0712. The molecule has 0 saturated carbocycles.